The van der Waals surface area contributed by atoms with Gasteiger partial charge in [0, 0.05) is 11.3 Å². The third kappa shape index (κ3) is 4.45. The van der Waals surface area contributed by atoms with E-state index in [1.165, 1.54) is 55.6 Å². The monoisotopic (exact) mass is 531 g/mol. The average molecular weight is 532 g/mol. The average Bonchev–Trinajstić information content (AvgIpc) is 3.12. The second kappa shape index (κ2) is 10.1. The Kier molecular flexibility index (Phi) is 7.10. The standard InChI is InChI=1S/C26H20Cl2FNO6/c1-3-36-21-11-13(4-8-19(21)31)23-22(24(32)14-5-9-20(35-2)17(28)10-14)25(33)26(34)30(23)15-6-7-18(29)16(27)12-15/h4-12,23,31-32H,3H2,1-2H3/b24-22+. The van der Waals surface area contributed by atoms with E-state index in [2.05, 4.69) is 0 Å². The zero-order valence-corrected chi connectivity index (χ0v) is 20.6. The maximum absolute atomic E-state index is 13.9. The fourth-order valence-corrected chi connectivity index (χ4v) is 4.42. The van der Waals surface area contributed by atoms with Crippen LogP contribution in [0.5, 0.6) is 17.2 Å². The van der Waals surface area contributed by atoms with Crippen LogP contribution >= 0.6 is 23.2 Å². The number of ether oxygens (including phenoxy) is 2. The van der Waals surface area contributed by atoms with Crippen molar-refractivity contribution < 1.29 is 33.7 Å². The third-order valence-corrected chi connectivity index (χ3v) is 6.24. The second-order valence-corrected chi connectivity index (χ2v) is 8.59. The molecule has 186 valence electrons. The van der Waals surface area contributed by atoms with Crippen LogP contribution in [0.3, 0.4) is 0 Å². The smallest absolute Gasteiger partial charge is 0.300 e. The number of amides is 1. The van der Waals surface area contributed by atoms with E-state index in [1.54, 1.807) is 6.92 Å². The lowest BCUT2D eigenvalue weighted by Crippen LogP contribution is -2.29. The van der Waals surface area contributed by atoms with Crippen molar-refractivity contribution in [3.63, 3.8) is 0 Å². The van der Waals surface area contributed by atoms with Gasteiger partial charge in [0.1, 0.15) is 17.3 Å². The highest BCUT2D eigenvalue weighted by molar-refractivity contribution is 6.52. The van der Waals surface area contributed by atoms with E-state index in [0.717, 1.165) is 11.0 Å². The first-order valence-electron chi connectivity index (χ1n) is 10.7. The van der Waals surface area contributed by atoms with Gasteiger partial charge in [0.15, 0.2) is 11.5 Å². The predicted octanol–water partition coefficient (Wildman–Crippen LogP) is 5.87. The fraction of sp³-hybridized carbons (Fsp3) is 0.154. The summed E-state index contributed by atoms with van der Waals surface area (Å²) in [6.07, 6.45) is 0. The number of hydrogen-bond acceptors (Lipinski definition) is 6. The number of nitrogens with zero attached hydrogens (tertiary/aromatic N) is 1. The maximum Gasteiger partial charge on any atom is 0.300 e. The second-order valence-electron chi connectivity index (χ2n) is 7.78. The lowest BCUT2D eigenvalue weighted by Gasteiger charge is -2.26. The van der Waals surface area contributed by atoms with Crippen molar-refractivity contribution in [2.24, 2.45) is 0 Å². The highest BCUT2D eigenvalue weighted by Crippen LogP contribution is 2.45. The normalized spacial score (nSPS) is 16.9. The molecule has 0 aliphatic carbocycles. The van der Waals surface area contributed by atoms with Gasteiger partial charge in [0.05, 0.1) is 35.4 Å². The minimum atomic E-state index is -1.16. The van der Waals surface area contributed by atoms with Crippen LogP contribution in [0, 0.1) is 5.82 Å². The minimum Gasteiger partial charge on any atom is -0.507 e. The topological polar surface area (TPSA) is 96.3 Å². The number of aliphatic hydroxyl groups excluding tert-OH is 1. The Hall–Kier alpha value is -3.75. The number of carbonyl (C=O) groups excluding carboxylic acids is 2. The first-order chi connectivity index (χ1) is 17.2. The molecule has 1 saturated heterocycles. The minimum absolute atomic E-state index is 0.116. The third-order valence-electron chi connectivity index (χ3n) is 5.65. The summed E-state index contributed by atoms with van der Waals surface area (Å²) in [4.78, 5) is 27.6. The van der Waals surface area contributed by atoms with Crippen molar-refractivity contribution >= 4 is 46.3 Å². The summed E-state index contributed by atoms with van der Waals surface area (Å²) < 4.78 is 24.5. The van der Waals surface area contributed by atoms with E-state index in [4.69, 9.17) is 32.7 Å². The number of halogens is 3. The van der Waals surface area contributed by atoms with E-state index < -0.39 is 29.3 Å². The number of anilines is 1. The Morgan fingerprint density at radius 3 is 2.42 bits per heavy atom. The zero-order valence-electron chi connectivity index (χ0n) is 19.1. The van der Waals surface area contributed by atoms with Gasteiger partial charge in [-0.25, -0.2) is 4.39 Å². The molecule has 1 unspecified atom stereocenters. The molecule has 1 heterocycles. The number of hydrogen-bond donors (Lipinski definition) is 2. The van der Waals surface area contributed by atoms with Crippen LogP contribution in [0.15, 0.2) is 60.2 Å². The van der Waals surface area contributed by atoms with Gasteiger partial charge >= 0.3 is 0 Å². The van der Waals surface area contributed by atoms with E-state index in [-0.39, 0.29) is 45.0 Å². The zero-order chi connectivity index (χ0) is 26.1. The number of phenols is 1. The number of Topliss-reactive ketones (excluding diaryl/α,β-unsaturated/α-hetero) is 1. The van der Waals surface area contributed by atoms with Gasteiger partial charge in [0.2, 0.25) is 0 Å². The van der Waals surface area contributed by atoms with Crippen molar-refractivity contribution in [2.75, 3.05) is 18.6 Å². The highest BCUT2D eigenvalue weighted by Gasteiger charge is 2.47. The van der Waals surface area contributed by atoms with E-state index in [0.29, 0.717) is 11.3 Å². The van der Waals surface area contributed by atoms with Crippen LogP contribution < -0.4 is 14.4 Å². The van der Waals surface area contributed by atoms with Gasteiger partial charge in [0.25, 0.3) is 11.7 Å². The Bertz CT molecular complexity index is 1410. The van der Waals surface area contributed by atoms with Crippen LogP contribution in [0.4, 0.5) is 10.1 Å². The molecule has 3 aromatic rings. The van der Waals surface area contributed by atoms with Gasteiger partial charge in [-0.05, 0) is 61.0 Å². The van der Waals surface area contributed by atoms with Crippen molar-refractivity contribution in [2.45, 2.75) is 13.0 Å². The molecular formula is C26H20Cl2FNO6. The predicted molar refractivity (Wildman–Crippen MR) is 133 cm³/mol. The molecule has 4 rings (SSSR count). The molecule has 0 aromatic heterocycles. The molecule has 7 nitrogen and oxygen atoms in total. The molecule has 3 aromatic carbocycles. The van der Waals surface area contributed by atoms with Gasteiger partial charge in [-0.3, -0.25) is 14.5 Å². The maximum atomic E-state index is 13.9. The molecule has 0 bridgehead atoms. The molecule has 10 heteroatoms. The van der Waals surface area contributed by atoms with E-state index >= 15 is 0 Å². The number of methoxy groups -OCH3 is 1. The van der Waals surface area contributed by atoms with Crippen molar-refractivity contribution in [1.82, 2.24) is 0 Å². The van der Waals surface area contributed by atoms with Crippen LogP contribution in [0.25, 0.3) is 5.76 Å². The van der Waals surface area contributed by atoms with Crippen LogP contribution in [0.2, 0.25) is 10.0 Å². The quantitative estimate of drug-likeness (QED) is 0.234. The molecule has 0 spiro atoms. The molecule has 1 fully saturated rings. The molecule has 1 aliphatic heterocycles. The molecule has 1 amide bonds. The Labute approximate surface area is 215 Å². The first kappa shape index (κ1) is 25.3. The summed E-state index contributed by atoms with van der Waals surface area (Å²) in [5.74, 6) is -2.80. The lowest BCUT2D eigenvalue weighted by atomic mass is 9.94. The summed E-state index contributed by atoms with van der Waals surface area (Å²) in [6.45, 7) is 1.97. The molecule has 0 radical (unpaired) electrons. The molecular weight excluding hydrogens is 512 g/mol. The number of phenolic OH excluding ortho intramolecular Hbond substituents is 1. The van der Waals surface area contributed by atoms with Gasteiger partial charge in [-0.2, -0.15) is 0 Å². The fourth-order valence-electron chi connectivity index (χ4n) is 3.99. The summed E-state index contributed by atoms with van der Waals surface area (Å²) in [5.41, 5.74) is 0.406. The number of carbonyl (C=O) groups is 2. The Morgan fingerprint density at radius 1 is 1.03 bits per heavy atom. The van der Waals surface area contributed by atoms with Crippen molar-refractivity contribution in [1.29, 1.82) is 0 Å². The van der Waals surface area contributed by atoms with Gasteiger partial charge in [-0.15, -0.1) is 0 Å². The van der Waals surface area contributed by atoms with Gasteiger partial charge < -0.3 is 19.7 Å². The summed E-state index contributed by atoms with van der Waals surface area (Å²) >= 11 is 12.2. The van der Waals surface area contributed by atoms with Crippen LogP contribution in [-0.4, -0.2) is 35.6 Å². The summed E-state index contributed by atoms with van der Waals surface area (Å²) in [7, 11) is 1.43. The largest absolute Gasteiger partial charge is 0.507 e. The highest BCUT2D eigenvalue weighted by atomic mass is 35.5. The Balaban J connectivity index is 1.97. The number of rotatable bonds is 6. The molecule has 36 heavy (non-hydrogen) atoms. The van der Waals surface area contributed by atoms with E-state index in [9.17, 15) is 24.2 Å². The summed E-state index contributed by atoms with van der Waals surface area (Å²) in [5, 5.41) is 21.3. The van der Waals surface area contributed by atoms with Crippen molar-refractivity contribution in [3.05, 3.63) is 87.2 Å². The van der Waals surface area contributed by atoms with Crippen LogP contribution in [0.1, 0.15) is 24.1 Å². The number of ketones is 1. The van der Waals surface area contributed by atoms with E-state index in [1.807, 2.05) is 0 Å². The first-order valence-corrected chi connectivity index (χ1v) is 11.5. The number of aromatic hydroxyl groups is 1. The van der Waals surface area contributed by atoms with Gasteiger partial charge in [-0.1, -0.05) is 29.3 Å². The lowest BCUT2D eigenvalue weighted by molar-refractivity contribution is -0.132. The SMILES string of the molecule is CCOc1cc(C2/C(=C(\O)c3ccc(OC)c(Cl)c3)C(=O)C(=O)N2c2ccc(F)c(Cl)c2)ccc1O. The van der Waals surface area contributed by atoms with Crippen LogP contribution in [-0.2, 0) is 9.59 Å². The number of aliphatic hydroxyl groups is 1. The number of benzene rings is 3. The molecule has 1 atom stereocenters. The van der Waals surface area contributed by atoms with Crippen molar-refractivity contribution in [3.8, 4) is 17.2 Å². The molecule has 1 aliphatic rings. The molecule has 2 N–H and O–H groups in total. The molecule has 0 saturated carbocycles. The summed E-state index contributed by atoms with van der Waals surface area (Å²) in [6, 6.07) is 11.1. The Morgan fingerprint density at radius 2 is 1.78 bits per heavy atom.